The molecular formula is C29H42N4O8. The first kappa shape index (κ1) is 32.3. The molecule has 4 heterocycles. The number of nitrogens with zero attached hydrogens (tertiary/aromatic N) is 3. The topological polar surface area (TPSA) is 184 Å². The summed E-state index contributed by atoms with van der Waals surface area (Å²) in [6.45, 7) is 4.83. The number of aliphatic hydroxyl groups excluding tert-OH is 3. The van der Waals surface area contributed by atoms with Gasteiger partial charge in [0.05, 0.1) is 0 Å². The quantitative estimate of drug-likeness (QED) is 0.195. The van der Waals surface area contributed by atoms with E-state index >= 15 is 0 Å². The van der Waals surface area contributed by atoms with Crippen LogP contribution in [0, 0.1) is 13.8 Å². The molecule has 0 spiro atoms. The Hall–Kier alpha value is -3.19. The molecule has 2 aliphatic rings. The van der Waals surface area contributed by atoms with Crippen LogP contribution < -0.4 is 5.32 Å². The first-order chi connectivity index (χ1) is 19.7. The summed E-state index contributed by atoms with van der Waals surface area (Å²) in [5.41, 5.74) is 3.51. The fourth-order valence-electron chi connectivity index (χ4n) is 4.59. The molecule has 226 valence electrons. The number of carbonyl (C=O) groups excluding carboxylic acids is 1. The largest absolute Gasteiger partial charge is 0.479 e. The summed E-state index contributed by atoms with van der Waals surface area (Å²) in [5.74, 6) is -0.316. The lowest BCUT2D eigenvalue weighted by molar-refractivity contribution is -0.286. The van der Waals surface area contributed by atoms with Crippen LogP contribution >= 0.6 is 0 Å². The van der Waals surface area contributed by atoms with Crippen LogP contribution in [-0.2, 0) is 31.9 Å². The van der Waals surface area contributed by atoms with Crippen molar-refractivity contribution in [2.45, 2.75) is 109 Å². The van der Waals surface area contributed by atoms with Gasteiger partial charge in [0.1, 0.15) is 30.0 Å². The predicted molar refractivity (Wildman–Crippen MR) is 149 cm³/mol. The number of aliphatic hydroxyl groups is 3. The third-order valence-corrected chi connectivity index (χ3v) is 6.99. The van der Waals surface area contributed by atoms with Crippen LogP contribution in [-0.4, -0.2) is 84.6 Å². The van der Waals surface area contributed by atoms with Crippen LogP contribution in [0.3, 0.4) is 0 Å². The second kappa shape index (κ2) is 16.3. The van der Waals surface area contributed by atoms with E-state index in [1.54, 1.807) is 0 Å². The van der Waals surface area contributed by atoms with Crippen LogP contribution in [0.2, 0.25) is 0 Å². The normalized spacial score (nSPS) is 23.4. The van der Waals surface area contributed by atoms with E-state index in [4.69, 9.17) is 19.6 Å². The second-order valence-corrected chi connectivity index (χ2v) is 10.5. The minimum Gasteiger partial charge on any atom is -0.479 e. The lowest BCUT2D eigenvalue weighted by atomic mass is 9.99. The number of nitrogens with one attached hydrogen (secondary N) is 1. The van der Waals surface area contributed by atoms with E-state index in [0.29, 0.717) is 6.42 Å². The van der Waals surface area contributed by atoms with Crippen molar-refractivity contribution in [1.29, 1.82) is 0 Å². The van der Waals surface area contributed by atoms with Crippen molar-refractivity contribution < 1.29 is 39.5 Å². The minimum absolute atomic E-state index is 0.0923. The molecule has 0 amide bonds. The summed E-state index contributed by atoms with van der Waals surface area (Å²) in [6.07, 6.45) is 3.74. The molecule has 0 bridgehead atoms. The maximum atomic E-state index is 12.0. The van der Waals surface area contributed by atoms with Crippen LogP contribution in [0.4, 0.5) is 5.82 Å². The predicted octanol–water partition coefficient (Wildman–Crippen LogP) is 2.24. The standard InChI is InChI=1S/C23H34N2O8.C6H8N2/c26-16(32-23-19(29)17(27)18(28)20(33-23)22(30)31)10-6-4-2-1-3-5-9-15-12-11-14-8-7-13-24-21(14)25-15;1-5-3-7-6(2)8-4-5/h11-12,17-20,23,27-29H,1-10,13H2,(H,24,25)(H,30,31);3-4H,1-2H3. The molecule has 5 N–H and O–H groups in total. The van der Waals surface area contributed by atoms with Crippen molar-refractivity contribution >= 4 is 17.8 Å². The number of carboxylic acid groups (broad SMARTS) is 1. The Balaban J connectivity index is 0.000000496. The highest BCUT2D eigenvalue weighted by Gasteiger charge is 2.48. The monoisotopic (exact) mass is 574 g/mol. The van der Waals surface area contributed by atoms with E-state index in [0.717, 1.165) is 80.8 Å². The molecular weight excluding hydrogens is 532 g/mol. The number of anilines is 1. The number of aliphatic carboxylic acids is 1. The number of esters is 1. The molecule has 1 saturated heterocycles. The first-order valence-corrected chi connectivity index (χ1v) is 14.3. The Morgan fingerprint density at radius 2 is 1.66 bits per heavy atom. The Morgan fingerprint density at radius 3 is 2.34 bits per heavy atom. The van der Waals surface area contributed by atoms with E-state index < -0.39 is 42.6 Å². The van der Waals surface area contributed by atoms with E-state index in [1.807, 2.05) is 26.2 Å². The molecule has 5 unspecified atom stereocenters. The third-order valence-electron chi connectivity index (χ3n) is 6.99. The van der Waals surface area contributed by atoms with Crippen molar-refractivity contribution in [2.24, 2.45) is 0 Å². The number of fused-ring (bicyclic) bond motifs is 1. The molecule has 5 atom stereocenters. The number of hydrogen-bond donors (Lipinski definition) is 5. The van der Waals surface area contributed by atoms with Crippen LogP contribution in [0.1, 0.15) is 74.0 Å². The maximum Gasteiger partial charge on any atom is 0.335 e. The number of ether oxygens (including phenoxy) is 2. The minimum atomic E-state index is -1.81. The number of aryl methyl sites for hydroxylation is 4. The van der Waals surface area contributed by atoms with Gasteiger partial charge in [0, 0.05) is 31.1 Å². The molecule has 41 heavy (non-hydrogen) atoms. The highest BCUT2D eigenvalue weighted by atomic mass is 16.7. The fourth-order valence-corrected chi connectivity index (χ4v) is 4.59. The zero-order valence-electron chi connectivity index (χ0n) is 23.7. The van der Waals surface area contributed by atoms with Gasteiger partial charge in [-0.3, -0.25) is 4.79 Å². The van der Waals surface area contributed by atoms with E-state index in [9.17, 15) is 24.9 Å². The maximum absolute atomic E-state index is 12.0. The van der Waals surface area contributed by atoms with Gasteiger partial charge in [-0.05, 0) is 63.1 Å². The SMILES string of the molecule is Cc1cnc(C)nc1.O=C(CCCCCCCCc1ccc2c(n1)NCCC2)OC1OC(C(=O)O)C(O)C(O)C1O. The third kappa shape index (κ3) is 10.3. The Labute approximate surface area is 240 Å². The Bertz CT molecular complexity index is 1100. The summed E-state index contributed by atoms with van der Waals surface area (Å²) in [7, 11) is 0. The van der Waals surface area contributed by atoms with Crippen LogP contribution in [0.25, 0.3) is 0 Å². The lowest BCUT2D eigenvalue weighted by Crippen LogP contribution is -2.60. The molecule has 1 fully saturated rings. The van der Waals surface area contributed by atoms with Crippen LogP contribution in [0.5, 0.6) is 0 Å². The number of pyridine rings is 1. The summed E-state index contributed by atoms with van der Waals surface area (Å²) in [6, 6.07) is 4.29. The molecule has 2 aromatic rings. The van der Waals surface area contributed by atoms with E-state index in [2.05, 4.69) is 27.4 Å². The lowest BCUT2D eigenvalue weighted by Gasteiger charge is -2.37. The van der Waals surface area contributed by atoms with Gasteiger partial charge in [0.25, 0.3) is 0 Å². The highest BCUT2D eigenvalue weighted by molar-refractivity contribution is 5.73. The Kier molecular flexibility index (Phi) is 12.9. The van der Waals surface area contributed by atoms with Crippen molar-refractivity contribution in [3.8, 4) is 0 Å². The summed E-state index contributed by atoms with van der Waals surface area (Å²) in [4.78, 5) is 35.7. The number of carboxylic acids is 1. The van der Waals surface area contributed by atoms with Gasteiger partial charge in [0.15, 0.2) is 6.10 Å². The second-order valence-electron chi connectivity index (χ2n) is 10.5. The summed E-state index contributed by atoms with van der Waals surface area (Å²) in [5, 5.41) is 41.6. The van der Waals surface area contributed by atoms with Gasteiger partial charge in [-0.2, -0.15) is 0 Å². The van der Waals surface area contributed by atoms with Gasteiger partial charge in [-0.25, -0.2) is 19.7 Å². The molecule has 0 saturated carbocycles. The fraction of sp³-hybridized carbons (Fsp3) is 0.621. The van der Waals surface area contributed by atoms with Gasteiger partial charge in [-0.1, -0.05) is 31.7 Å². The smallest absolute Gasteiger partial charge is 0.335 e. The van der Waals surface area contributed by atoms with Gasteiger partial charge in [-0.15, -0.1) is 0 Å². The van der Waals surface area contributed by atoms with Crippen LogP contribution in [0.15, 0.2) is 24.5 Å². The molecule has 12 nitrogen and oxygen atoms in total. The van der Waals surface area contributed by atoms with Gasteiger partial charge in [0.2, 0.25) is 6.29 Å². The number of rotatable bonds is 11. The van der Waals surface area contributed by atoms with Gasteiger partial charge >= 0.3 is 11.9 Å². The zero-order valence-corrected chi connectivity index (χ0v) is 23.7. The highest BCUT2D eigenvalue weighted by Crippen LogP contribution is 2.23. The van der Waals surface area contributed by atoms with Crippen molar-refractivity contribution in [2.75, 3.05) is 11.9 Å². The number of carbonyl (C=O) groups is 2. The Morgan fingerprint density at radius 1 is 0.976 bits per heavy atom. The van der Waals surface area contributed by atoms with Crippen molar-refractivity contribution in [3.05, 3.63) is 47.2 Å². The van der Waals surface area contributed by atoms with E-state index in [1.165, 1.54) is 5.56 Å². The summed E-state index contributed by atoms with van der Waals surface area (Å²) < 4.78 is 9.92. The molecule has 2 aliphatic heterocycles. The molecule has 12 heteroatoms. The number of unbranched alkanes of at least 4 members (excludes halogenated alkanes) is 5. The molecule has 2 aromatic heterocycles. The number of hydrogen-bond acceptors (Lipinski definition) is 11. The van der Waals surface area contributed by atoms with Crippen molar-refractivity contribution in [1.82, 2.24) is 15.0 Å². The molecule has 4 rings (SSSR count). The molecule has 0 aromatic carbocycles. The average Bonchev–Trinajstić information content (AvgIpc) is 2.96. The van der Waals surface area contributed by atoms with Gasteiger partial charge < -0.3 is 35.2 Å². The van der Waals surface area contributed by atoms with E-state index in [-0.39, 0.29) is 6.42 Å². The number of aromatic nitrogens is 3. The van der Waals surface area contributed by atoms with Crippen molar-refractivity contribution in [3.63, 3.8) is 0 Å². The summed E-state index contributed by atoms with van der Waals surface area (Å²) >= 11 is 0. The molecule has 0 aliphatic carbocycles. The first-order valence-electron chi connectivity index (χ1n) is 14.3. The average molecular weight is 575 g/mol. The zero-order chi connectivity index (χ0) is 29.8. The molecule has 0 radical (unpaired) electrons.